The average Bonchev–Trinajstić information content (AvgIpc) is 2.29. The zero-order chi connectivity index (χ0) is 11.5. The molecule has 1 aliphatic heterocycles. The van der Waals surface area contributed by atoms with Crippen LogP contribution < -0.4 is 4.90 Å². The Labute approximate surface area is 95.6 Å². The van der Waals surface area contributed by atoms with Gasteiger partial charge in [-0.2, -0.15) is 0 Å². The van der Waals surface area contributed by atoms with Crippen LogP contribution in [0.25, 0.3) is 5.76 Å². The van der Waals surface area contributed by atoms with E-state index in [0.29, 0.717) is 0 Å². The Morgan fingerprint density at radius 2 is 2.06 bits per heavy atom. The van der Waals surface area contributed by atoms with Crippen LogP contribution in [0.3, 0.4) is 0 Å². The second kappa shape index (κ2) is 4.58. The molecular weight excluding hydrogens is 202 g/mol. The van der Waals surface area contributed by atoms with E-state index in [2.05, 4.69) is 6.92 Å². The third-order valence-electron chi connectivity index (χ3n) is 2.87. The molecular formula is C13H17NO2. The van der Waals surface area contributed by atoms with Crippen molar-refractivity contribution in [2.75, 3.05) is 11.4 Å². The molecule has 1 unspecified atom stereocenters. The molecule has 0 saturated heterocycles. The smallest absolute Gasteiger partial charge is 0.150 e. The van der Waals surface area contributed by atoms with Crippen LogP contribution in [-0.4, -0.2) is 23.0 Å². The van der Waals surface area contributed by atoms with Gasteiger partial charge in [-0.15, -0.1) is 0 Å². The van der Waals surface area contributed by atoms with Gasteiger partial charge < -0.3 is 15.1 Å². The largest absolute Gasteiger partial charge is 0.507 e. The number of hydrogen-bond acceptors (Lipinski definition) is 3. The van der Waals surface area contributed by atoms with E-state index in [4.69, 9.17) is 0 Å². The fraction of sp³-hybridized carbons (Fsp3) is 0.385. The lowest BCUT2D eigenvalue weighted by Crippen LogP contribution is -2.37. The minimum Gasteiger partial charge on any atom is -0.507 e. The molecule has 0 bridgehead atoms. The first kappa shape index (κ1) is 11.0. The van der Waals surface area contributed by atoms with E-state index in [1.807, 2.05) is 29.2 Å². The van der Waals surface area contributed by atoms with Gasteiger partial charge in [-0.05, 0) is 18.6 Å². The van der Waals surface area contributed by atoms with Gasteiger partial charge in [0.2, 0.25) is 0 Å². The van der Waals surface area contributed by atoms with Crippen LogP contribution in [0.15, 0.2) is 30.3 Å². The maximum atomic E-state index is 9.90. The van der Waals surface area contributed by atoms with E-state index >= 15 is 0 Å². The van der Waals surface area contributed by atoms with Crippen molar-refractivity contribution in [3.05, 3.63) is 35.9 Å². The van der Waals surface area contributed by atoms with Crippen LogP contribution in [0.1, 0.15) is 25.3 Å². The summed E-state index contributed by atoms with van der Waals surface area (Å²) in [6, 6.07) is 7.60. The van der Waals surface area contributed by atoms with Crippen LogP contribution in [-0.2, 0) is 0 Å². The predicted molar refractivity (Wildman–Crippen MR) is 65.3 cm³/mol. The first-order chi connectivity index (χ1) is 7.74. The first-order valence-electron chi connectivity index (χ1n) is 5.69. The van der Waals surface area contributed by atoms with E-state index in [9.17, 15) is 10.2 Å². The molecule has 0 aliphatic carbocycles. The highest BCUT2D eigenvalue weighted by molar-refractivity contribution is 5.76. The van der Waals surface area contributed by atoms with Gasteiger partial charge in [0, 0.05) is 23.9 Å². The molecule has 86 valence electrons. The molecule has 0 radical (unpaired) electrons. The number of fused-ring (bicyclic) bond motifs is 1. The Hall–Kier alpha value is -1.48. The van der Waals surface area contributed by atoms with Gasteiger partial charge in [-0.1, -0.05) is 25.5 Å². The van der Waals surface area contributed by atoms with Crippen molar-refractivity contribution in [2.24, 2.45) is 0 Å². The number of aliphatic hydroxyl groups excluding tert-OH is 2. The lowest BCUT2D eigenvalue weighted by molar-refractivity contribution is 0.211. The second-order valence-corrected chi connectivity index (χ2v) is 4.03. The third-order valence-corrected chi connectivity index (χ3v) is 2.87. The SMILES string of the molecule is CCCCN1c2ccccc2C(O)=CC1O. The van der Waals surface area contributed by atoms with E-state index in [1.54, 1.807) is 0 Å². The van der Waals surface area contributed by atoms with E-state index < -0.39 is 6.23 Å². The van der Waals surface area contributed by atoms with Gasteiger partial charge in [0.25, 0.3) is 0 Å². The minimum absolute atomic E-state index is 0.163. The van der Waals surface area contributed by atoms with E-state index in [-0.39, 0.29) is 5.76 Å². The van der Waals surface area contributed by atoms with E-state index in [1.165, 1.54) is 6.08 Å². The quantitative estimate of drug-likeness (QED) is 0.821. The van der Waals surface area contributed by atoms with Crippen LogP contribution in [0.4, 0.5) is 5.69 Å². The summed E-state index contributed by atoms with van der Waals surface area (Å²) in [5, 5.41) is 19.7. The van der Waals surface area contributed by atoms with Crippen LogP contribution >= 0.6 is 0 Å². The molecule has 2 N–H and O–H groups in total. The number of nitrogens with zero attached hydrogens (tertiary/aromatic N) is 1. The van der Waals surface area contributed by atoms with Crippen molar-refractivity contribution in [1.82, 2.24) is 0 Å². The Bertz CT molecular complexity index is 401. The third kappa shape index (κ3) is 1.91. The molecule has 3 heteroatoms. The van der Waals surface area contributed by atoms with Crippen molar-refractivity contribution >= 4 is 11.4 Å². The van der Waals surface area contributed by atoms with Gasteiger partial charge in [0.05, 0.1) is 0 Å². The van der Waals surface area contributed by atoms with Gasteiger partial charge in [0.1, 0.15) is 12.0 Å². The maximum absolute atomic E-state index is 9.90. The molecule has 2 rings (SSSR count). The van der Waals surface area contributed by atoms with Gasteiger partial charge in [0.15, 0.2) is 0 Å². The maximum Gasteiger partial charge on any atom is 0.150 e. The summed E-state index contributed by atoms with van der Waals surface area (Å²) in [4.78, 5) is 1.92. The molecule has 0 amide bonds. The van der Waals surface area contributed by atoms with Crippen molar-refractivity contribution < 1.29 is 10.2 Å². The first-order valence-corrected chi connectivity index (χ1v) is 5.69. The number of para-hydroxylation sites is 1. The highest BCUT2D eigenvalue weighted by Crippen LogP contribution is 2.32. The molecule has 1 aromatic carbocycles. The second-order valence-electron chi connectivity index (χ2n) is 4.03. The number of unbranched alkanes of at least 4 members (excludes halogenated alkanes) is 1. The fourth-order valence-corrected chi connectivity index (χ4v) is 1.99. The molecule has 16 heavy (non-hydrogen) atoms. The molecule has 1 heterocycles. The summed E-state index contributed by atoms with van der Waals surface area (Å²) in [5.74, 6) is 0.163. The molecule has 0 saturated carbocycles. The zero-order valence-corrected chi connectivity index (χ0v) is 9.43. The lowest BCUT2D eigenvalue weighted by atomic mass is 10.0. The summed E-state index contributed by atoms with van der Waals surface area (Å²) in [5.41, 5.74) is 1.70. The Balaban J connectivity index is 2.33. The number of hydrogen-bond donors (Lipinski definition) is 2. The summed E-state index contributed by atoms with van der Waals surface area (Å²) in [7, 11) is 0. The number of benzene rings is 1. The van der Waals surface area contributed by atoms with Crippen LogP contribution in [0, 0.1) is 0 Å². The molecule has 0 aromatic heterocycles. The molecule has 1 atom stereocenters. The highest BCUT2D eigenvalue weighted by Gasteiger charge is 2.23. The van der Waals surface area contributed by atoms with Crippen molar-refractivity contribution in [2.45, 2.75) is 26.0 Å². The molecule has 1 aromatic rings. The monoisotopic (exact) mass is 219 g/mol. The van der Waals surface area contributed by atoms with Crippen molar-refractivity contribution in [1.29, 1.82) is 0 Å². The standard InChI is InChI=1S/C13H17NO2/c1-2-3-8-14-11-7-5-4-6-10(11)12(15)9-13(14)16/h4-7,9,13,15-16H,2-3,8H2,1H3. The predicted octanol–water partition coefficient (Wildman–Crippen LogP) is 2.52. The van der Waals surface area contributed by atoms with Crippen LogP contribution in [0.2, 0.25) is 0 Å². The Morgan fingerprint density at radius 1 is 1.31 bits per heavy atom. The Morgan fingerprint density at radius 3 is 2.81 bits per heavy atom. The summed E-state index contributed by atoms with van der Waals surface area (Å²) < 4.78 is 0. The fourth-order valence-electron chi connectivity index (χ4n) is 1.99. The molecule has 0 fully saturated rings. The highest BCUT2D eigenvalue weighted by atomic mass is 16.3. The normalized spacial score (nSPS) is 19.2. The average molecular weight is 219 g/mol. The number of aliphatic hydroxyl groups is 2. The van der Waals surface area contributed by atoms with Crippen molar-refractivity contribution in [3.63, 3.8) is 0 Å². The topological polar surface area (TPSA) is 43.7 Å². The zero-order valence-electron chi connectivity index (χ0n) is 9.43. The van der Waals surface area contributed by atoms with E-state index in [0.717, 1.165) is 30.6 Å². The molecule has 0 spiro atoms. The molecule has 1 aliphatic rings. The summed E-state index contributed by atoms with van der Waals surface area (Å²) in [6.45, 7) is 2.92. The number of anilines is 1. The molecule has 3 nitrogen and oxygen atoms in total. The summed E-state index contributed by atoms with van der Waals surface area (Å²) >= 11 is 0. The lowest BCUT2D eigenvalue weighted by Gasteiger charge is -2.33. The van der Waals surface area contributed by atoms with Gasteiger partial charge in [-0.3, -0.25) is 0 Å². The Kier molecular flexibility index (Phi) is 3.15. The van der Waals surface area contributed by atoms with Gasteiger partial charge in [-0.25, -0.2) is 0 Å². The number of rotatable bonds is 3. The van der Waals surface area contributed by atoms with Crippen LogP contribution in [0.5, 0.6) is 0 Å². The minimum atomic E-state index is -0.721. The van der Waals surface area contributed by atoms with Gasteiger partial charge >= 0.3 is 0 Å². The van der Waals surface area contributed by atoms with Crippen molar-refractivity contribution in [3.8, 4) is 0 Å². The summed E-state index contributed by atoms with van der Waals surface area (Å²) in [6.07, 6.45) is 2.88.